The number of anilines is 2. The average Bonchev–Trinajstić information content (AvgIpc) is 2.54. The molecule has 0 unspecified atom stereocenters. The minimum atomic E-state index is -0.279. The van der Waals surface area contributed by atoms with Crippen LogP contribution in [0.4, 0.5) is 11.4 Å². The Labute approximate surface area is 155 Å². The van der Waals surface area contributed by atoms with Crippen molar-refractivity contribution in [3.05, 3.63) is 52.0 Å². The zero-order valence-electron chi connectivity index (χ0n) is 14.5. The second-order valence-corrected chi connectivity index (χ2v) is 6.55. The zero-order valence-corrected chi connectivity index (χ0v) is 16.1. The van der Waals surface area contributed by atoms with Gasteiger partial charge in [0.2, 0.25) is 5.91 Å². The largest absolute Gasteiger partial charge is 0.496 e. The van der Waals surface area contributed by atoms with E-state index in [9.17, 15) is 9.59 Å². The van der Waals surface area contributed by atoms with Crippen molar-refractivity contribution < 1.29 is 14.3 Å². The number of hydrogen-bond acceptors (Lipinski definition) is 3. The van der Waals surface area contributed by atoms with Crippen molar-refractivity contribution in [3.8, 4) is 5.75 Å². The van der Waals surface area contributed by atoms with Gasteiger partial charge in [-0.05, 0) is 49.2 Å². The number of hydrogen-bond donors (Lipinski definition) is 2. The number of nitrogens with one attached hydrogen (secondary N) is 2. The second kappa shape index (κ2) is 8.67. The summed E-state index contributed by atoms with van der Waals surface area (Å²) in [6.45, 7) is 3.83. The molecule has 2 amide bonds. The normalized spacial score (nSPS) is 10.2. The van der Waals surface area contributed by atoms with Crippen molar-refractivity contribution in [3.63, 3.8) is 0 Å². The Hall–Kier alpha value is -2.34. The van der Waals surface area contributed by atoms with Crippen LogP contribution in [0.1, 0.15) is 35.7 Å². The molecule has 0 heterocycles. The third kappa shape index (κ3) is 5.06. The fourth-order valence-electron chi connectivity index (χ4n) is 2.49. The molecule has 0 spiro atoms. The molecule has 0 aromatic heterocycles. The van der Waals surface area contributed by atoms with E-state index in [2.05, 4.69) is 26.6 Å². The third-order valence-electron chi connectivity index (χ3n) is 3.57. The Balaban J connectivity index is 2.20. The molecule has 25 heavy (non-hydrogen) atoms. The van der Waals surface area contributed by atoms with Gasteiger partial charge in [0, 0.05) is 22.3 Å². The maximum atomic E-state index is 12.6. The highest BCUT2D eigenvalue weighted by atomic mass is 79.9. The molecular weight excluding hydrogens is 384 g/mol. The minimum Gasteiger partial charge on any atom is -0.496 e. The molecule has 2 aromatic carbocycles. The van der Waals surface area contributed by atoms with Crippen molar-refractivity contribution in [2.24, 2.45) is 0 Å². The molecule has 0 saturated carbocycles. The number of benzene rings is 2. The first kappa shape index (κ1) is 19.0. The molecule has 2 N–H and O–H groups in total. The Morgan fingerprint density at radius 2 is 1.80 bits per heavy atom. The molecule has 5 nitrogen and oxygen atoms in total. The third-order valence-corrected chi connectivity index (χ3v) is 4.03. The van der Waals surface area contributed by atoms with Crippen molar-refractivity contribution >= 4 is 39.1 Å². The SMILES string of the molecule is CCCC(=O)Nc1cccc(NC(=O)c2cc(Br)cc(C)c2OC)c1. The van der Waals surface area contributed by atoms with E-state index in [0.717, 1.165) is 16.5 Å². The highest BCUT2D eigenvalue weighted by Gasteiger charge is 2.16. The van der Waals surface area contributed by atoms with Gasteiger partial charge in [-0.1, -0.05) is 28.9 Å². The number of halogens is 1. The fourth-order valence-corrected chi connectivity index (χ4v) is 3.07. The smallest absolute Gasteiger partial charge is 0.259 e. The van der Waals surface area contributed by atoms with Gasteiger partial charge in [0.25, 0.3) is 5.91 Å². The molecule has 132 valence electrons. The Morgan fingerprint density at radius 1 is 1.12 bits per heavy atom. The summed E-state index contributed by atoms with van der Waals surface area (Å²) in [6.07, 6.45) is 1.25. The highest BCUT2D eigenvalue weighted by molar-refractivity contribution is 9.10. The van der Waals surface area contributed by atoms with Crippen LogP contribution in [0.5, 0.6) is 5.75 Å². The van der Waals surface area contributed by atoms with Gasteiger partial charge in [0.15, 0.2) is 0 Å². The summed E-state index contributed by atoms with van der Waals surface area (Å²) in [7, 11) is 1.54. The molecule has 0 bridgehead atoms. The summed E-state index contributed by atoms with van der Waals surface area (Å²) in [5.74, 6) is 0.210. The maximum Gasteiger partial charge on any atom is 0.259 e. The lowest BCUT2D eigenvalue weighted by atomic mass is 10.1. The molecule has 2 rings (SSSR count). The first-order valence-electron chi connectivity index (χ1n) is 8.00. The van der Waals surface area contributed by atoms with E-state index in [1.807, 2.05) is 19.9 Å². The first-order valence-corrected chi connectivity index (χ1v) is 8.79. The summed E-state index contributed by atoms with van der Waals surface area (Å²) in [5, 5.41) is 5.66. The van der Waals surface area contributed by atoms with Gasteiger partial charge >= 0.3 is 0 Å². The number of amides is 2. The van der Waals surface area contributed by atoms with Crippen molar-refractivity contribution in [1.82, 2.24) is 0 Å². The van der Waals surface area contributed by atoms with Crippen LogP contribution in [-0.2, 0) is 4.79 Å². The molecule has 0 radical (unpaired) electrons. The number of rotatable bonds is 6. The van der Waals surface area contributed by atoms with Gasteiger partial charge in [-0.3, -0.25) is 9.59 Å². The number of ether oxygens (including phenoxy) is 1. The van der Waals surface area contributed by atoms with Crippen LogP contribution in [0.25, 0.3) is 0 Å². The zero-order chi connectivity index (χ0) is 18.4. The molecule has 0 atom stereocenters. The number of carbonyl (C=O) groups is 2. The summed E-state index contributed by atoms with van der Waals surface area (Å²) in [5.41, 5.74) is 2.55. The average molecular weight is 405 g/mol. The standard InChI is InChI=1S/C19H21BrN2O3/c1-4-6-17(23)21-14-7-5-8-15(11-14)22-19(24)16-10-13(20)9-12(2)18(16)25-3/h5,7-11H,4,6H2,1-3H3,(H,21,23)(H,22,24). The molecule has 0 aliphatic rings. The summed E-state index contributed by atoms with van der Waals surface area (Å²) >= 11 is 3.40. The monoisotopic (exact) mass is 404 g/mol. The van der Waals surface area contributed by atoms with E-state index in [0.29, 0.717) is 29.1 Å². The predicted octanol–water partition coefficient (Wildman–Crippen LogP) is 4.76. The summed E-state index contributed by atoms with van der Waals surface area (Å²) in [4.78, 5) is 24.3. The fraction of sp³-hybridized carbons (Fsp3) is 0.263. The molecule has 0 aliphatic heterocycles. The van der Waals surface area contributed by atoms with Gasteiger partial charge in [-0.25, -0.2) is 0 Å². The predicted molar refractivity (Wildman–Crippen MR) is 103 cm³/mol. The van der Waals surface area contributed by atoms with Gasteiger partial charge in [0.1, 0.15) is 5.75 Å². The summed E-state index contributed by atoms with van der Waals surface area (Å²) < 4.78 is 6.16. The molecule has 0 saturated heterocycles. The number of carbonyl (C=O) groups excluding carboxylic acids is 2. The van der Waals surface area contributed by atoms with Gasteiger partial charge in [-0.15, -0.1) is 0 Å². The highest BCUT2D eigenvalue weighted by Crippen LogP contribution is 2.28. The van der Waals surface area contributed by atoms with Gasteiger partial charge in [0.05, 0.1) is 12.7 Å². The van der Waals surface area contributed by atoms with E-state index in [4.69, 9.17) is 4.74 Å². The lowest BCUT2D eigenvalue weighted by Crippen LogP contribution is -2.15. The first-order chi connectivity index (χ1) is 11.9. The van der Waals surface area contributed by atoms with E-state index >= 15 is 0 Å². The van der Waals surface area contributed by atoms with E-state index in [-0.39, 0.29) is 11.8 Å². The summed E-state index contributed by atoms with van der Waals surface area (Å²) in [6, 6.07) is 10.7. The lowest BCUT2D eigenvalue weighted by molar-refractivity contribution is -0.116. The number of aryl methyl sites for hydroxylation is 1. The number of methoxy groups -OCH3 is 1. The molecular formula is C19H21BrN2O3. The van der Waals surface area contributed by atoms with Crippen LogP contribution in [0.15, 0.2) is 40.9 Å². The van der Waals surface area contributed by atoms with Crippen LogP contribution < -0.4 is 15.4 Å². The molecule has 0 fully saturated rings. The van der Waals surface area contributed by atoms with E-state index < -0.39 is 0 Å². The van der Waals surface area contributed by atoms with Crippen LogP contribution in [0.2, 0.25) is 0 Å². The lowest BCUT2D eigenvalue weighted by Gasteiger charge is -2.13. The van der Waals surface area contributed by atoms with Crippen molar-refractivity contribution in [2.75, 3.05) is 17.7 Å². The quantitative estimate of drug-likeness (QED) is 0.729. The van der Waals surface area contributed by atoms with E-state index in [1.54, 1.807) is 30.3 Å². The maximum absolute atomic E-state index is 12.6. The van der Waals surface area contributed by atoms with Crippen LogP contribution in [-0.4, -0.2) is 18.9 Å². The molecule has 0 aliphatic carbocycles. The Kier molecular flexibility index (Phi) is 6.58. The van der Waals surface area contributed by atoms with Crippen molar-refractivity contribution in [1.29, 1.82) is 0 Å². The minimum absolute atomic E-state index is 0.0461. The second-order valence-electron chi connectivity index (χ2n) is 5.64. The van der Waals surface area contributed by atoms with Crippen molar-refractivity contribution in [2.45, 2.75) is 26.7 Å². The van der Waals surface area contributed by atoms with Crippen LogP contribution in [0.3, 0.4) is 0 Å². The van der Waals surface area contributed by atoms with E-state index in [1.165, 1.54) is 7.11 Å². The van der Waals surface area contributed by atoms with Gasteiger partial charge in [-0.2, -0.15) is 0 Å². The van der Waals surface area contributed by atoms with Crippen LogP contribution in [0, 0.1) is 6.92 Å². The molecule has 2 aromatic rings. The Morgan fingerprint density at radius 3 is 2.44 bits per heavy atom. The van der Waals surface area contributed by atoms with Crippen LogP contribution >= 0.6 is 15.9 Å². The Bertz CT molecular complexity index is 790. The van der Waals surface area contributed by atoms with Gasteiger partial charge < -0.3 is 15.4 Å². The topological polar surface area (TPSA) is 67.4 Å². The molecule has 6 heteroatoms.